The van der Waals surface area contributed by atoms with Crippen molar-refractivity contribution in [2.24, 2.45) is 5.92 Å². The van der Waals surface area contributed by atoms with Crippen molar-refractivity contribution >= 4 is 5.69 Å². The average Bonchev–Trinajstić information content (AvgIpc) is 2.72. The predicted molar refractivity (Wildman–Crippen MR) is 69.6 cm³/mol. The minimum absolute atomic E-state index is 0.749. The third kappa shape index (κ3) is 1.93. The van der Waals surface area contributed by atoms with Crippen molar-refractivity contribution < 1.29 is 0 Å². The van der Waals surface area contributed by atoms with Gasteiger partial charge in [0.25, 0.3) is 0 Å². The molecular formula is C14H17N3. The molecule has 2 N–H and O–H groups in total. The molecule has 0 unspecified atom stereocenters. The molecule has 1 aromatic carbocycles. The molecule has 0 radical (unpaired) electrons. The van der Waals surface area contributed by atoms with E-state index < -0.39 is 0 Å². The van der Waals surface area contributed by atoms with E-state index in [-0.39, 0.29) is 0 Å². The summed E-state index contributed by atoms with van der Waals surface area (Å²) in [7, 11) is 0. The molecular weight excluding hydrogens is 210 g/mol. The highest BCUT2D eigenvalue weighted by molar-refractivity contribution is 5.63. The third-order valence-electron chi connectivity index (χ3n) is 3.44. The van der Waals surface area contributed by atoms with Gasteiger partial charge in [-0.05, 0) is 24.5 Å². The number of rotatable bonds is 1. The molecule has 3 rings (SSSR count). The Hall–Kier alpha value is -1.77. The number of fused-ring (bicyclic) bond motifs is 1. The summed E-state index contributed by atoms with van der Waals surface area (Å²) in [5.74, 6) is 1.96. The van der Waals surface area contributed by atoms with Crippen molar-refractivity contribution in [3.63, 3.8) is 0 Å². The van der Waals surface area contributed by atoms with E-state index in [4.69, 9.17) is 10.7 Å². The lowest BCUT2D eigenvalue weighted by atomic mass is 10.0. The van der Waals surface area contributed by atoms with E-state index in [0.29, 0.717) is 0 Å². The first kappa shape index (κ1) is 10.4. The lowest BCUT2D eigenvalue weighted by molar-refractivity contribution is 0.409. The number of aromatic nitrogens is 2. The second-order valence-corrected chi connectivity index (χ2v) is 4.96. The minimum Gasteiger partial charge on any atom is -0.399 e. The maximum absolute atomic E-state index is 5.81. The molecule has 0 saturated carbocycles. The maximum Gasteiger partial charge on any atom is 0.109 e. The van der Waals surface area contributed by atoms with Gasteiger partial charge in [0.05, 0.1) is 5.69 Å². The van der Waals surface area contributed by atoms with E-state index in [1.54, 1.807) is 0 Å². The highest BCUT2D eigenvalue weighted by atomic mass is 15.1. The lowest BCUT2D eigenvalue weighted by Gasteiger charge is -2.18. The van der Waals surface area contributed by atoms with Gasteiger partial charge in [-0.15, -0.1) is 0 Å². The van der Waals surface area contributed by atoms with Crippen LogP contribution in [0.4, 0.5) is 5.69 Å². The normalized spacial score (nSPS) is 19.0. The third-order valence-corrected chi connectivity index (χ3v) is 3.44. The Labute approximate surface area is 101 Å². The Morgan fingerprint density at radius 2 is 2.29 bits per heavy atom. The van der Waals surface area contributed by atoms with Crippen molar-refractivity contribution in [2.75, 3.05) is 5.73 Å². The Kier molecular flexibility index (Phi) is 2.39. The van der Waals surface area contributed by atoms with Crippen LogP contribution in [-0.2, 0) is 13.0 Å². The molecule has 0 bridgehead atoms. The fourth-order valence-corrected chi connectivity index (χ4v) is 2.42. The molecule has 1 atom stereocenters. The predicted octanol–water partition coefficient (Wildman–Crippen LogP) is 2.71. The fraction of sp³-hybridized carbons (Fsp3) is 0.357. The molecule has 0 fully saturated rings. The molecule has 1 aromatic heterocycles. The zero-order chi connectivity index (χ0) is 11.8. The summed E-state index contributed by atoms with van der Waals surface area (Å²) in [6.45, 7) is 3.38. The van der Waals surface area contributed by atoms with Crippen LogP contribution in [0.3, 0.4) is 0 Å². The molecule has 17 heavy (non-hydrogen) atoms. The van der Waals surface area contributed by atoms with Crippen molar-refractivity contribution in [2.45, 2.75) is 26.3 Å². The van der Waals surface area contributed by atoms with Crippen molar-refractivity contribution in [1.29, 1.82) is 0 Å². The Balaban J connectivity index is 2.00. The van der Waals surface area contributed by atoms with Gasteiger partial charge in [-0.1, -0.05) is 19.1 Å². The average molecular weight is 227 g/mol. The van der Waals surface area contributed by atoms with Crippen molar-refractivity contribution in [3.05, 3.63) is 36.3 Å². The number of hydrogen-bond donors (Lipinski definition) is 1. The smallest absolute Gasteiger partial charge is 0.109 e. The van der Waals surface area contributed by atoms with Crippen LogP contribution >= 0.6 is 0 Å². The standard InChI is InChI=1S/C14H17N3/c1-10-5-6-17-9-13(16-14(17)7-10)11-3-2-4-12(15)8-11/h2-4,8-10H,5-7,15H2,1H3/t10-/m0/s1. The molecule has 1 aliphatic heterocycles. The van der Waals surface area contributed by atoms with Gasteiger partial charge in [-0.25, -0.2) is 4.98 Å². The zero-order valence-electron chi connectivity index (χ0n) is 10.1. The largest absolute Gasteiger partial charge is 0.399 e. The first-order valence-electron chi connectivity index (χ1n) is 6.14. The van der Waals surface area contributed by atoms with Crippen molar-refractivity contribution in [1.82, 2.24) is 9.55 Å². The van der Waals surface area contributed by atoms with E-state index in [1.165, 1.54) is 12.2 Å². The molecule has 1 aliphatic rings. The number of nitrogen functional groups attached to an aromatic ring is 1. The molecule has 88 valence electrons. The second kappa shape index (κ2) is 3.91. The Morgan fingerprint density at radius 1 is 1.41 bits per heavy atom. The van der Waals surface area contributed by atoms with Gasteiger partial charge in [0.2, 0.25) is 0 Å². The quantitative estimate of drug-likeness (QED) is 0.761. The van der Waals surface area contributed by atoms with Gasteiger partial charge in [0.1, 0.15) is 5.82 Å². The van der Waals surface area contributed by atoms with Crippen LogP contribution < -0.4 is 5.73 Å². The molecule has 3 heteroatoms. The van der Waals surface area contributed by atoms with E-state index >= 15 is 0 Å². The SMILES string of the molecule is C[C@H]1CCn2cc(-c3cccc(N)c3)nc2C1. The number of nitrogens with zero attached hydrogens (tertiary/aromatic N) is 2. The number of aryl methyl sites for hydroxylation is 1. The summed E-state index contributed by atoms with van der Waals surface area (Å²) in [6.07, 6.45) is 4.48. The Morgan fingerprint density at radius 3 is 3.12 bits per heavy atom. The van der Waals surface area contributed by atoms with Gasteiger partial charge < -0.3 is 10.3 Å². The molecule has 3 nitrogen and oxygen atoms in total. The number of imidazole rings is 1. The first-order valence-corrected chi connectivity index (χ1v) is 6.14. The lowest BCUT2D eigenvalue weighted by Crippen LogP contribution is -2.16. The summed E-state index contributed by atoms with van der Waals surface area (Å²) in [5, 5.41) is 0. The molecule has 2 heterocycles. The van der Waals surface area contributed by atoms with Gasteiger partial charge in [0, 0.05) is 30.4 Å². The van der Waals surface area contributed by atoms with Crippen LogP contribution in [0.15, 0.2) is 30.5 Å². The zero-order valence-corrected chi connectivity index (χ0v) is 10.1. The van der Waals surface area contributed by atoms with Crippen LogP contribution in [-0.4, -0.2) is 9.55 Å². The summed E-state index contributed by atoms with van der Waals surface area (Å²) in [6, 6.07) is 7.93. The summed E-state index contributed by atoms with van der Waals surface area (Å²) in [4.78, 5) is 4.72. The monoisotopic (exact) mass is 227 g/mol. The summed E-state index contributed by atoms with van der Waals surface area (Å²) < 4.78 is 2.28. The van der Waals surface area contributed by atoms with Crippen LogP contribution in [0.1, 0.15) is 19.2 Å². The van der Waals surface area contributed by atoms with Gasteiger partial charge >= 0.3 is 0 Å². The van der Waals surface area contributed by atoms with Crippen LogP contribution in [0.5, 0.6) is 0 Å². The van der Waals surface area contributed by atoms with Gasteiger partial charge in [0.15, 0.2) is 0 Å². The van der Waals surface area contributed by atoms with Gasteiger partial charge in [-0.3, -0.25) is 0 Å². The Bertz CT molecular complexity index is 542. The van der Waals surface area contributed by atoms with E-state index in [0.717, 1.165) is 35.8 Å². The molecule has 0 spiro atoms. The first-order chi connectivity index (χ1) is 8.22. The summed E-state index contributed by atoms with van der Waals surface area (Å²) >= 11 is 0. The highest BCUT2D eigenvalue weighted by Crippen LogP contribution is 2.25. The number of anilines is 1. The topological polar surface area (TPSA) is 43.8 Å². The summed E-state index contributed by atoms with van der Waals surface area (Å²) in [5.41, 5.74) is 8.75. The van der Waals surface area contributed by atoms with Crippen LogP contribution in [0.25, 0.3) is 11.3 Å². The number of nitrogens with two attached hydrogens (primary N) is 1. The fourth-order valence-electron chi connectivity index (χ4n) is 2.42. The highest BCUT2D eigenvalue weighted by Gasteiger charge is 2.17. The second-order valence-electron chi connectivity index (χ2n) is 4.96. The van der Waals surface area contributed by atoms with Crippen LogP contribution in [0, 0.1) is 5.92 Å². The van der Waals surface area contributed by atoms with E-state index in [2.05, 4.69) is 23.8 Å². The minimum atomic E-state index is 0.749. The van der Waals surface area contributed by atoms with Crippen LogP contribution in [0.2, 0.25) is 0 Å². The van der Waals surface area contributed by atoms with Gasteiger partial charge in [-0.2, -0.15) is 0 Å². The number of benzene rings is 1. The van der Waals surface area contributed by atoms with E-state index in [9.17, 15) is 0 Å². The molecule has 0 aliphatic carbocycles. The van der Waals surface area contributed by atoms with Crippen molar-refractivity contribution in [3.8, 4) is 11.3 Å². The molecule has 0 amide bonds. The molecule has 2 aromatic rings. The maximum atomic E-state index is 5.81. The van der Waals surface area contributed by atoms with E-state index in [1.807, 2.05) is 18.2 Å². The number of hydrogen-bond acceptors (Lipinski definition) is 2. The molecule has 0 saturated heterocycles.